The van der Waals surface area contributed by atoms with E-state index in [0.717, 1.165) is 11.5 Å². The van der Waals surface area contributed by atoms with Crippen molar-refractivity contribution < 1.29 is 4.79 Å². The minimum Gasteiger partial charge on any atom is -0.355 e. The Kier molecular flexibility index (Phi) is 3.72. The van der Waals surface area contributed by atoms with Gasteiger partial charge in [-0.1, -0.05) is 0 Å². The number of amides is 1. The minimum atomic E-state index is -0.451. The van der Waals surface area contributed by atoms with Crippen molar-refractivity contribution in [3.05, 3.63) is 32.9 Å². The fourth-order valence-electron chi connectivity index (χ4n) is 1.24. The zero-order chi connectivity index (χ0) is 13.1. The summed E-state index contributed by atoms with van der Waals surface area (Å²) in [6.45, 7) is 0. The number of rotatable bonds is 3. The number of hydrogen-bond donors (Lipinski definition) is 3. The average molecular weight is 330 g/mol. The van der Waals surface area contributed by atoms with Gasteiger partial charge in [-0.25, -0.2) is 9.97 Å². The molecule has 2 aromatic rings. The van der Waals surface area contributed by atoms with E-state index in [1.807, 2.05) is 0 Å². The molecule has 0 aliphatic rings. The van der Waals surface area contributed by atoms with Crippen LogP contribution in [0.1, 0.15) is 10.4 Å². The Morgan fingerprint density at radius 1 is 1.50 bits per heavy atom. The predicted octanol–water partition coefficient (Wildman–Crippen LogP) is 1.09. The van der Waals surface area contributed by atoms with E-state index in [0.29, 0.717) is 15.4 Å². The van der Waals surface area contributed by atoms with Gasteiger partial charge in [0, 0.05) is 13.1 Å². The quantitative estimate of drug-likeness (QED) is 0.732. The predicted molar refractivity (Wildman–Crippen MR) is 71.3 cm³/mol. The summed E-state index contributed by atoms with van der Waals surface area (Å²) < 4.78 is 3.10. The lowest BCUT2D eigenvalue weighted by Gasteiger charge is -2.04. The second-order valence-electron chi connectivity index (χ2n) is 3.17. The molecule has 0 aliphatic carbocycles. The summed E-state index contributed by atoms with van der Waals surface area (Å²) in [6, 6.07) is 1.64. The molecule has 94 valence electrons. The van der Waals surface area contributed by atoms with E-state index in [4.69, 9.17) is 0 Å². The van der Waals surface area contributed by atoms with Gasteiger partial charge in [0.25, 0.3) is 11.5 Å². The summed E-state index contributed by atoms with van der Waals surface area (Å²) >= 11 is 4.24. The highest BCUT2D eigenvalue weighted by Gasteiger charge is 2.17. The summed E-state index contributed by atoms with van der Waals surface area (Å²) in [7, 11) is 1.46. The first-order valence-electron chi connectivity index (χ1n) is 4.80. The highest BCUT2D eigenvalue weighted by molar-refractivity contribution is 9.10. The number of aromatic nitrogens is 3. The first kappa shape index (κ1) is 12.7. The van der Waals surface area contributed by atoms with Crippen molar-refractivity contribution in [1.29, 1.82) is 0 Å². The van der Waals surface area contributed by atoms with Gasteiger partial charge < -0.3 is 10.6 Å². The molecule has 0 saturated carbocycles. The van der Waals surface area contributed by atoms with E-state index < -0.39 is 11.5 Å². The largest absolute Gasteiger partial charge is 0.355 e. The van der Waals surface area contributed by atoms with Gasteiger partial charge in [-0.3, -0.25) is 14.0 Å². The van der Waals surface area contributed by atoms with Gasteiger partial charge in [-0.05, 0) is 27.5 Å². The van der Waals surface area contributed by atoms with Crippen molar-refractivity contribution >= 4 is 44.2 Å². The number of nitrogens with zero attached hydrogens (tertiary/aromatic N) is 2. The number of anilines is 2. The second kappa shape index (κ2) is 5.27. The molecule has 0 aliphatic heterocycles. The monoisotopic (exact) mass is 329 g/mol. The molecule has 3 N–H and O–H groups in total. The molecule has 2 aromatic heterocycles. The Morgan fingerprint density at radius 2 is 2.28 bits per heavy atom. The van der Waals surface area contributed by atoms with E-state index >= 15 is 0 Å². The van der Waals surface area contributed by atoms with E-state index in [1.54, 1.807) is 6.07 Å². The van der Waals surface area contributed by atoms with E-state index in [1.165, 1.54) is 13.4 Å². The van der Waals surface area contributed by atoms with Crippen LogP contribution in [0.15, 0.2) is 21.8 Å². The Bertz CT molecular complexity index is 638. The Morgan fingerprint density at radius 3 is 2.94 bits per heavy atom. The van der Waals surface area contributed by atoms with Crippen molar-refractivity contribution in [3.63, 3.8) is 0 Å². The summed E-state index contributed by atoms with van der Waals surface area (Å²) in [5, 5.41) is 5.71. The van der Waals surface area contributed by atoms with E-state index in [2.05, 4.69) is 40.9 Å². The standard InChI is InChI=1S/C9H8BrN5O2S/c1-11-7(16)6-8(17)15-18-9(6)14-5-2-4(10)12-3-13-5/h2-3H,1H3,(H,11,16)(H,15,17)(H,12,13,14). The normalized spacial score (nSPS) is 10.1. The minimum absolute atomic E-state index is 0.0391. The molecule has 0 radical (unpaired) electrons. The molecule has 0 spiro atoms. The zero-order valence-electron chi connectivity index (χ0n) is 9.15. The van der Waals surface area contributed by atoms with Gasteiger partial charge in [-0.2, -0.15) is 0 Å². The van der Waals surface area contributed by atoms with Crippen molar-refractivity contribution in [1.82, 2.24) is 19.7 Å². The number of halogens is 1. The molecule has 0 aromatic carbocycles. The summed E-state index contributed by atoms with van der Waals surface area (Å²) in [5.41, 5.74) is -0.396. The SMILES string of the molecule is CNC(=O)c1c(Nc2cc(Br)ncn2)s[nH]c1=O. The number of H-pyrrole nitrogens is 1. The Hall–Kier alpha value is -1.74. The summed E-state index contributed by atoms with van der Waals surface area (Å²) in [6.07, 6.45) is 1.36. The second-order valence-corrected chi connectivity index (χ2v) is 4.80. The number of nitrogens with one attached hydrogen (secondary N) is 3. The molecule has 2 heterocycles. The molecule has 0 bridgehead atoms. The van der Waals surface area contributed by atoms with Crippen molar-refractivity contribution in [2.45, 2.75) is 0 Å². The maximum Gasteiger partial charge on any atom is 0.273 e. The van der Waals surface area contributed by atoms with Gasteiger partial charge >= 0.3 is 0 Å². The fraction of sp³-hybridized carbons (Fsp3) is 0.111. The lowest BCUT2D eigenvalue weighted by molar-refractivity contribution is 0.0963. The molecule has 2 rings (SSSR count). The van der Waals surface area contributed by atoms with Crippen LogP contribution in [0.4, 0.5) is 10.8 Å². The molecule has 7 nitrogen and oxygen atoms in total. The van der Waals surface area contributed by atoms with Crippen LogP contribution in [0.5, 0.6) is 0 Å². The molecule has 1 amide bonds. The highest BCUT2D eigenvalue weighted by atomic mass is 79.9. The van der Waals surface area contributed by atoms with Gasteiger partial charge in [0.05, 0.1) is 0 Å². The maximum absolute atomic E-state index is 11.6. The number of hydrogen-bond acceptors (Lipinski definition) is 6. The van der Waals surface area contributed by atoms with Gasteiger partial charge in [0.2, 0.25) is 0 Å². The third kappa shape index (κ3) is 2.57. The zero-order valence-corrected chi connectivity index (χ0v) is 11.6. The number of aromatic amines is 1. The first-order chi connectivity index (χ1) is 8.61. The van der Waals surface area contributed by atoms with Crippen LogP contribution in [-0.4, -0.2) is 27.3 Å². The molecule has 0 saturated heterocycles. The third-order valence-corrected chi connectivity index (χ3v) is 3.26. The molecule has 0 fully saturated rings. The van der Waals surface area contributed by atoms with Crippen LogP contribution in [0.25, 0.3) is 0 Å². The molecular weight excluding hydrogens is 322 g/mol. The Labute approximate surface area is 114 Å². The van der Waals surface area contributed by atoms with Crippen LogP contribution in [0, 0.1) is 0 Å². The molecular formula is C9H8BrN5O2S. The van der Waals surface area contributed by atoms with E-state index in [9.17, 15) is 9.59 Å². The van der Waals surface area contributed by atoms with Crippen LogP contribution in [-0.2, 0) is 0 Å². The molecule has 9 heteroatoms. The molecule has 0 atom stereocenters. The first-order valence-corrected chi connectivity index (χ1v) is 6.41. The van der Waals surface area contributed by atoms with Crippen LogP contribution in [0.3, 0.4) is 0 Å². The van der Waals surface area contributed by atoms with E-state index in [-0.39, 0.29) is 5.56 Å². The van der Waals surface area contributed by atoms with Gasteiger partial charge in [0.1, 0.15) is 27.3 Å². The van der Waals surface area contributed by atoms with Crippen molar-refractivity contribution in [3.8, 4) is 0 Å². The fourth-order valence-corrected chi connectivity index (χ4v) is 2.29. The van der Waals surface area contributed by atoms with Crippen LogP contribution >= 0.6 is 27.5 Å². The smallest absolute Gasteiger partial charge is 0.273 e. The lowest BCUT2D eigenvalue weighted by atomic mass is 10.3. The summed E-state index contributed by atoms with van der Waals surface area (Å²) in [4.78, 5) is 30.9. The molecule has 0 unspecified atom stereocenters. The van der Waals surface area contributed by atoms with Crippen LogP contribution in [0.2, 0.25) is 0 Å². The Balaban J connectivity index is 2.35. The van der Waals surface area contributed by atoms with Gasteiger partial charge in [0.15, 0.2) is 0 Å². The van der Waals surface area contributed by atoms with Crippen molar-refractivity contribution in [2.75, 3.05) is 12.4 Å². The molecule has 18 heavy (non-hydrogen) atoms. The number of carbonyl (C=O) groups excluding carboxylic acids is 1. The third-order valence-electron chi connectivity index (χ3n) is 2.03. The number of carbonyl (C=O) groups is 1. The topological polar surface area (TPSA) is 99.8 Å². The summed E-state index contributed by atoms with van der Waals surface area (Å²) in [5.74, 6) is 0.0328. The highest BCUT2D eigenvalue weighted by Crippen LogP contribution is 2.21. The lowest BCUT2D eigenvalue weighted by Crippen LogP contribution is -2.24. The average Bonchev–Trinajstić information content (AvgIpc) is 2.70. The van der Waals surface area contributed by atoms with Crippen LogP contribution < -0.4 is 16.2 Å². The maximum atomic E-state index is 11.6. The van der Waals surface area contributed by atoms with Crippen molar-refractivity contribution in [2.24, 2.45) is 0 Å². The van der Waals surface area contributed by atoms with Gasteiger partial charge in [-0.15, -0.1) is 0 Å².